The van der Waals surface area contributed by atoms with Crippen molar-refractivity contribution in [1.82, 2.24) is 0 Å². The summed E-state index contributed by atoms with van der Waals surface area (Å²) >= 11 is 0. The van der Waals surface area contributed by atoms with Crippen molar-refractivity contribution < 1.29 is 9.53 Å². The van der Waals surface area contributed by atoms with Crippen molar-refractivity contribution in [2.24, 2.45) is 20.0 Å². The van der Waals surface area contributed by atoms with Gasteiger partial charge in [-0.15, -0.1) is 0 Å². The lowest BCUT2D eigenvalue weighted by atomic mass is 10.5. The number of urea groups is 1. The van der Waals surface area contributed by atoms with Gasteiger partial charge in [0.2, 0.25) is 0 Å². The summed E-state index contributed by atoms with van der Waals surface area (Å²) in [6.45, 7) is 0. The minimum absolute atomic E-state index is 0.608. The Bertz CT molecular complexity index is 576. The third kappa shape index (κ3) is 10.5. The number of ether oxygens (including phenoxy) is 1. The molecule has 0 aromatic heterocycles. The molecule has 0 fully saturated rings. The maximum Gasteiger partial charge on any atom is 0.367 e. The van der Waals surface area contributed by atoms with Gasteiger partial charge in [-0.05, 0) is 24.3 Å². The van der Waals surface area contributed by atoms with Gasteiger partial charge in [-0.25, -0.2) is 9.79 Å². The maximum atomic E-state index is 11.2. The second-order valence-electron chi connectivity index (χ2n) is 3.30. The highest BCUT2D eigenvalue weighted by molar-refractivity contribution is 6.19. The Morgan fingerprint density at radius 1 is 0.667 bits per heavy atom. The molecule has 1 rings (SSSR count). The number of carbonyl (C=O) groups is 1. The highest BCUT2D eigenvalue weighted by Gasteiger charge is 1.86. The van der Waals surface area contributed by atoms with Crippen LogP contribution >= 0.6 is 0 Å². The minimum atomic E-state index is -0.608. The van der Waals surface area contributed by atoms with Crippen LogP contribution in [0.15, 0.2) is 81.3 Å². The molecule has 0 saturated heterocycles. The number of carbonyl (C=O) groups excluding carboxylic acids is 1. The second kappa shape index (κ2) is 11.9. The molecule has 1 heterocycles. The van der Waals surface area contributed by atoms with Crippen LogP contribution in [0, 0.1) is 0 Å². The molecule has 0 aliphatic carbocycles. The SMILES string of the molecule is O=C1\N=C/C=C\C=C/O\C=C/N=C\C=C/C=C\N=C\C=N/1. The van der Waals surface area contributed by atoms with Crippen LogP contribution in [0.1, 0.15) is 0 Å². The molecule has 0 N–H and O–H groups in total. The number of aliphatic imine (C=N–C) groups is 4. The third-order valence-corrected chi connectivity index (χ3v) is 1.78. The molecule has 0 bridgehead atoms. The van der Waals surface area contributed by atoms with Crippen molar-refractivity contribution in [1.29, 1.82) is 0 Å². The van der Waals surface area contributed by atoms with E-state index in [1.807, 2.05) is 0 Å². The Morgan fingerprint density at radius 2 is 1.43 bits per heavy atom. The lowest BCUT2D eigenvalue weighted by Crippen LogP contribution is -1.86. The summed E-state index contributed by atoms with van der Waals surface area (Å²) in [5, 5.41) is 0. The molecule has 6 nitrogen and oxygen atoms in total. The number of hydrogen-bond donors (Lipinski definition) is 0. The Balaban J connectivity index is 2.70. The molecule has 0 aromatic rings. The zero-order valence-corrected chi connectivity index (χ0v) is 11.2. The lowest BCUT2D eigenvalue weighted by molar-refractivity contribution is 0.257. The summed E-state index contributed by atoms with van der Waals surface area (Å²) in [5.74, 6) is 0. The van der Waals surface area contributed by atoms with E-state index >= 15 is 0 Å². The summed E-state index contributed by atoms with van der Waals surface area (Å²) in [5.41, 5.74) is 0. The van der Waals surface area contributed by atoms with Crippen LogP contribution in [0.5, 0.6) is 0 Å². The fraction of sp³-hybridized carbons (Fsp3) is 0. The van der Waals surface area contributed by atoms with E-state index < -0.39 is 6.03 Å². The summed E-state index contributed by atoms with van der Waals surface area (Å²) in [6, 6.07) is -0.608. The van der Waals surface area contributed by atoms with E-state index in [1.54, 1.807) is 48.9 Å². The molecule has 0 radical (unpaired) electrons. The van der Waals surface area contributed by atoms with Crippen molar-refractivity contribution in [3.63, 3.8) is 0 Å². The van der Waals surface area contributed by atoms with E-state index in [4.69, 9.17) is 4.74 Å². The molecule has 2 amide bonds. The largest absolute Gasteiger partial charge is 0.471 e. The highest BCUT2D eigenvalue weighted by atomic mass is 16.5. The zero-order valence-electron chi connectivity index (χ0n) is 11.2. The van der Waals surface area contributed by atoms with Crippen LogP contribution in [-0.2, 0) is 4.74 Å². The number of rotatable bonds is 0. The van der Waals surface area contributed by atoms with E-state index in [0.29, 0.717) is 0 Å². The van der Waals surface area contributed by atoms with Gasteiger partial charge in [0.1, 0.15) is 6.26 Å². The monoisotopic (exact) mass is 282 g/mol. The van der Waals surface area contributed by atoms with Crippen LogP contribution in [0.3, 0.4) is 0 Å². The quantitative estimate of drug-likeness (QED) is 0.684. The average Bonchev–Trinajstić information content (AvgIpc) is 2.48. The molecule has 106 valence electrons. The molecule has 21 heavy (non-hydrogen) atoms. The fourth-order valence-electron chi connectivity index (χ4n) is 0.958. The van der Waals surface area contributed by atoms with E-state index in [9.17, 15) is 4.79 Å². The molecule has 0 unspecified atom stereocenters. The molecular formula is C15H14N4O2. The number of amides is 2. The predicted octanol–water partition coefficient (Wildman–Crippen LogP) is 3.03. The Morgan fingerprint density at radius 3 is 2.38 bits per heavy atom. The van der Waals surface area contributed by atoms with Gasteiger partial charge in [0, 0.05) is 24.8 Å². The molecule has 0 atom stereocenters. The van der Waals surface area contributed by atoms with Crippen molar-refractivity contribution in [2.75, 3.05) is 0 Å². The third-order valence-electron chi connectivity index (χ3n) is 1.78. The molecule has 6 heteroatoms. The van der Waals surface area contributed by atoms with Gasteiger partial charge in [0.25, 0.3) is 0 Å². The van der Waals surface area contributed by atoms with Gasteiger partial charge in [0.05, 0.1) is 18.7 Å². The molecule has 1 aliphatic rings. The number of hydrogen-bond acceptors (Lipinski definition) is 4. The summed E-state index contributed by atoms with van der Waals surface area (Å²) < 4.78 is 5.02. The Hall–Kier alpha value is -3.15. The van der Waals surface area contributed by atoms with Gasteiger partial charge in [0.15, 0.2) is 0 Å². The van der Waals surface area contributed by atoms with Crippen molar-refractivity contribution in [3.8, 4) is 0 Å². The van der Waals surface area contributed by atoms with Crippen LogP contribution < -0.4 is 0 Å². The smallest absolute Gasteiger partial charge is 0.367 e. The van der Waals surface area contributed by atoms with Crippen molar-refractivity contribution in [3.05, 3.63) is 61.4 Å². The average molecular weight is 282 g/mol. The van der Waals surface area contributed by atoms with E-state index in [1.165, 1.54) is 37.4 Å². The number of allylic oxidation sites excluding steroid dienone is 6. The highest BCUT2D eigenvalue weighted by Crippen LogP contribution is 1.85. The van der Waals surface area contributed by atoms with Crippen LogP contribution in [0.4, 0.5) is 4.79 Å². The molecular weight excluding hydrogens is 268 g/mol. The Kier molecular flexibility index (Phi) is 9.02. The molecule has 0 aromatic carbocycles. The minimum Gasteiger partial charge on any atom is -0.471 e. The molecule has 1 aliphatic heterocycles. The first-order valence-electron chi connectivity index (χ1n) is 6.01. The van der Waals surface area contributed by atoms with Crippen molar-refractivity contribution >= 4 is 30.9 Å². The van der Waals surface area contributed by atoms with Crippen LogP contribution in [0.2, 0.25) is 0 Å². The van der Waals surface area contributed by atoms with Gasteiger partial charge in [-0.3, -0.25) is 9.98 Å². The summed E-state index contributed by atoms with van der Waals surface area (Å²) in [7, 11) is 0. The first-order valence-corrected chi connectivity index (χ1v) is 6.01. The van der Waals surface area contributed by atoms with Gasteiger partial charge < -0.3 is 4.74 Å². The predicted molar refractivity (Wildman–Crippen MR) is 86.1 cm³/mol. The topological polar surface area (TPSA) is 75.7 Å². The zero-order chi connectivity index (χ0) is 15.0. The molecule has 0 saturated carbocycles. The second-order valence-corrected chi connectivity index (χ2v) is 3.30. The van der Waals surface area contributed by atoms with E-state index in [2.05, 4.69) is 20.0 Å². The van der Waals surface area contributed by atoms with Gasteiger partial charge >= 0.3 is 6.03 Å². The maximum absolute atomic E-state index is 11.2. The Labute approximate surface area is 122 Å². The van der Waals surface area contributed by atoms with Crippen LogP contribution in [-0.4, -0.2) is 30.9 Å². The summed E-state index contributed by atoms with van der Waals surface area (Å²) in [4.78, 5) is 26.1. The first-order chi connectivity index (χ1) is 10.4. The normalized spacial score (nSPS) is 30.0. The van der Waals surface area contributed by atoms with E-state index in [-0.39, 0.29) is 0 Å². The van der Waals surface area contributed by atoms with E-state index in [0.717, 1.165) is 0 Å². The lowest BCUT2D eigenvalue weighted by Gasteiger charge is -1.85. The van der Waals surface area contributed by atoms with Gasteiger partial charge in [-0.2, -0.15) is 4.99 Å². The first kappa shape index (κ1) is 15.9. The molecule has 0 spiro atoms. The summed E-state index contributed by atoms with van der Waals surface area (Å²) in [6.07, 6.45) is 21.6. The fourth-order valence-corrected chi connectivity index (χ4v) is 0.958. The standard InChI is InChI=1S/C15H14N4O2/c20-15-18-9-5-2-6-13-21-14-12-17-8-4-1-3-7-16-10-11-19-15/h1-14H/b4-1-,5-2-,7-3-,13-6-,14-12-,16-10+,17-8-,18-9-,19-11-. The van der Waals surface area contributed by atoms with Gasteiger partial charge in [-0.1, -0.05) is 12.2 Å². The van der Waals surface area contributed by atoms with Crippen molar-refractivity contribution in [2.45, 2.75) is 0 Å². The van der Waals surface area contributed by atoms with Crippen LogP contribution in [0.25, 0.3) is 0 Å². The number of nitrogens with zero attached hydrogens (tertiary/aromatic N) is 4.